The Bertz CT molecular complexity index is 1680. The van der Waals surface area contributed by atoms with Crippen LogP contribution in [0, 0.1) is 0 Å². The van der Waals surface area contributed by atoms with Crippen molar-refractivity contribution < 1.29 is 0 Å². The van der Waals surface area contributed by atoms with Crippen molar-refractivity contribution in [3.05, 3.63) is 66.6 Å². The molecule has 30 heavy (non-hydrogen) atoms. The lowest BCUT2D eigenvalue weighted by Gasteiger charge is -2.09. The van der Waals surface area contributed by atoms with Crippen LogP contribution in [-0.4, -0.2) is 37.9 Å². The van der Waals surface area contributed by atoms with E-state index in [2.05, 4.69) is 15.2 Å². The topological polar surface area (TPSA) is 114 Å². The Balaban J connectivity index is 1.84. The fourth-order valence-electron chi connectivity index (χ4n) is 3.70. The first-order chi connectivity index (χ1) is 14.3. The second-order valence-electron chi connectivity index (χ2n) is 6.98. The third-order valence-corrected chi connectivity index (χ3v) is 5.58. The molecule has 11 nitrogen and oxygen atoms in total. The van der Waals surface area contributed by atoms with Crippen molar-refractivity contribution in [1.29, 1.82) is 0 Å². The number of benzene rings is 1. The number of imidazole rings is 1. The minimum absolute atomic E-state index is 0.0363. The van der Waals surface area contributed by atoms with Crippen LogP contribution in [0.15, 0.2) is 38.6 Å². The number of para-hydroxylation sites is 1. The highest BCUT2D eigenvalue weighted by Crippen LogP contribution is 2.19. The van der Waals surface area contributed by atoms with Crippen molar-refractivity contribution in [3.63, 3.8) is 0 Å². The van der Waals surface area contributed by atoms with Gasteiger partial charge in [0, 0.05) is 21.1 Å². The number of hydrogen-bond acceptors (Lipinski definition) is 6. The summed E-state index contributed by atoms with van der Waals surface area (Å²) in [6.45, 7) is 0.0616. The van der Waals surface area contributed by atoms with Crippen molar-refractivity contribution in [2.24, 2.45) is 21.1 Å². The first-order valence-corrected chi connectivity index (χ1v) is 9.32. The summed E-state index contributed by atoms with van der Waals surface area (Å²) in [7, 11) is 4.53. The summed E-state index contributed by atoms with van der Waals surface area (Å²) in [5.41, 5.74) is -0.209. The molecule has 5 aromatic rings. The Morgan fingerprint density at radius 3 is 2.43 bits per heavy atom. The molecule has 0 spiro atoms. The van der Waals surface area contributed by atoms with Crippen molar-refractivity contribution in [3.8, 4) is 0 Å². The van der Waals surface area contributed by atoms with Crippen molar-refractivity contribution >= 4 is 39.4 Å². The van der Waals surface area contributed by atoms with Crippen LogP contribution in [0.3, 0.4) is 0 Å². The molecular formula is C18H15ClN8O3. The minimum atomic E-state index is -0.515. The highest BCUT2D eigenvalue weighted by molar-refractivity contribution is 6.29. The van der Waals surface area contributed by atoms with Gasteiger partial charge in [-0.2, -0.15) is 4.98 Å². The van der Waals surface area contributed by atoms with Gasteiger partial charge in [0.25, 0.3) is 11.1 Å². The highest BCUT2D eigenvalue weighted by atomic mass is 35.5. The third-order valence-electron chi connectivity index (χ3n) is 5.29. The van der Waals surface area contributed by atoms with Crippen molar-refractivity contribution in [1.82, 2.24) is 37.9 Å². The van der Waals surface area contributed by atoms with Gasteiger partial charge in [-0.1, -0.05) is 12.1 Å². The van der Waals surface area contributed by atoms with Gasteiger partial charge in [-0.25, -0.2) is 4.79 Å². The molecule has 0 unspecified atom stereocenters. The summed E-state index contributed by atoms with van der Waals surface area (Å²) in [5.74, 6) is 0.809. The number of hydrogen-bond donors (Lipinski definition) is 0. The SMILES string of the molecule is Cn1c(=O)c2c(nc(Cl)n2Cc2nnc3n(C)c(=O)c4ccccc4n23)n(C)c1=O. The van der Waals surface area contributed by atoms with E-state index in [9.17, 15) is 14.4 Å². The van der Waals surface area contributed by atoms with E-state index in [4.69, 9.17) is 11.6 Å². The Morgan fingerprint density at radius 1 is 0.933 bits per heavy atom. The van der Waals surface area contributed by atoms with Crippen LogP contribution in [-0.2, 0) is 27.7 Å². The van der Waals surface area contributed by atoms with Gasteiger partial charge in [-0.05, 0) is 23.7 Å². The number of aryl methyl sites for hydroxylation is 2. The van der Waals surface area contributed by atoms with Gasteiger partial charge in [0.15, 0.2) is 17.0 Å². The van der Waals surface area contributed by atoms with Gasteiger partial charge in [0.1, 0.15) is 0 Å². The fourth-order valence-corrected chi connectivity index (χ4v) is 3.92. The normalized spacial score (nSPS) is 11.9. The lowest BCUT2D eigenvalue weighted by molar-refractivity contribution is 0.697. The molecule has 4 aromatic heterocycles. The average molecular weight is 427 g/mol. The Labute approximate surface area is 172 Å². The summed E-state index contributed by atoms with van der Waals surface area (Å²) in [6, 6.07) is 7.12. The largest absolute Gasteiger partial charge is 0.332 e. The molecule has 5 rings (SSSR count). The maximum absolute atomic E-state index is 12.8. The van der Waals surface area contributed by atoms with Crippen LogP contribution >= 0.6 is 11.6 Å². The summed E-state index contributed by atoms with van der Waals surface area (Å²) in [6.07, 6.45) is 0. The maximum atomic E-state index is 12.8. The molecule has 0 aliphatic rings. The van der Waals surface area contributed by atoms with Crippen LogP contribution in [0.5, 0.6) is 0 Å². The van der Waals surface area contributed by atoms with Gasteiger partial charge in [0.05, 0.1) is 17.4 Å². The number of aromatic nitrogens is 8. The molecule has 0 saturated carbocycles. The second kappa shape index (κ2) is 6.13. The van der Waals surface area contributed by atoms with E-state index in [1.165, 1.54) is 27.8 Å². The zero-order valence-corrected chi connectivity index (χ0v) is 17.0. The molecule has 12 heteroatoms. The predicted octanol–water partition coefficient (Wildman–Crippen LogP) is 0.0300. The van der Waals surface area contributed by atoms with Crippen LogP contribution in [0.2, 0.25) is 5.28 Å². The molecule has 0 N–H and O–H groups in total. The van der Waals surface area contributed by atoms with Gasteiger partial charge >= 0.3 is 5.69 Å². The summed E-state index contributed by atoms with van der Waals surface area (Å²) >= 11 is 6.33. The number of halogens is 1. The lowest BCUT2D eigenvalue weighted by atomic mass is 10.2. The van der Waals surface area contributed by atoms with E-state index < -0.39 is 11.2 Å². The molecular weight excluding hydrogens is 412 g/mol. The molecule has 0 aliphatic heterocycles. The molecule has 0 amide bonds. The fraction of sp³-hybridized carbons (Fsp3) is 0.222. The number of nitrogens with zero attached hydrogens (tertiary/aromatic N) is 8. The smallest absolute Gasteiger partial charge is 0.301 e. The van der Waals surface area contributed by atoms with Gasteiger partial charge in [-0.3, -0.25) is 27.7 Å². The molecule has 0 bridgehead atoms. The highest BCUT2D eigenvalue weighted by Gasteiger charge is 2.21. The maximum Gasteiger partial charge on any atom is 0.332 e. The summed E-state index contributed by atoms with van der Waals surface area (Å²) < 4.78 is 6.90. The summed E-state index contributed by atoms with van der Waals surface area (Å²) in [5, 5.41) is 8.93. The molecule has 0 saturated heterocycles. The van der Waals surface area contributed by atoms with Crippen molar-refractivity contribution in [2.45, 2.75) is 6.54 Å². The predicted molar refractivity (Wildman–Crippen MR) is 110 cm³/mol. The van der Waals surface area contributed by atoms with Crippen LogP contribution < -0.4 is 16.8 Å². The van der Waals surface area contributed by atoms with Crippen LogP contribution in [0.25, 0.3) is 27.8 Å². The molecule has 4 heterocycles. The Morgan fingerprint density at radius 2 is 1.67 bits per heavy atom. The molecule has 0 atom stereocenters. The van der Waals surface area contributed by atoms with Crippen LogP contribution in [0.4, 0.5) is 0 Å². The van der Waals surface area contributed by atoms with Gasteiger partial charge < -0.3 is 4.57 Å². The molecule has 152 valence electrons. The monoisotopic (exact) mass is 426 g/mol. The lowest BCUT2D eigenvalue weighted by Crippen LogP contribution is -2.37. The van der Waals surface area contributed by atoms with E-state index in [0.29, 0.717) is 22.5 Å². The van der Waals surface area contributed by atoms with Crippen LogP contribution in [0.1, 0.15) is 5.82 Å². The van der Waals surface area contributed by atoms with Gasteiger partial charge in [-0.15, -0.1) is 10.2 Å². The first-order valence-electron chi connectivity index (χ1n) is 8.94. The van der Waals surface area contributed by atoms with E-state index in [1.54, 1.807) is 29.6 Å². The standard InChI is InChI=1S/C18H15ClN8O3/c1-23-13-12(15(29)25(3)18(23)30)26(16(19)20-13)8-11-21-22-17-24(2)14(28)9-6-4-5-7-10(9)27(11)17/h4-7H,8H2,1-3H3. The average Bonchev–Trinajstić information content (AvgIpc) is 3.31. The van der Waals surface area contributed by atoms with Gasteiger partial charge in [0.2, 0.25) is 11.1 Å². The van der Waals surface area contributed by atoms with Crippen molar-refractivity contribution in [2.75, 3.05) is 0 Å². The van der Waals surface area contributed by atoms with E-state index >= 15 is 0 Å². The quantitative estimate of drug-likeness (QED) is 0.368. The minimum Gasteiger partial charge on any atom is -0.301 e. The molecule has 0 radical (unpaired) electrons. The first kappa shape index (κ1) is 18.3. The number of rotatable bonds is 2. The van der Waals surface area contributed by atoms with E-state index in [1.807, 2.05) is 6.07 Å². The molecule has 0 aliphatic carbocycles. The Hall–Kier alpha value is -3.73. The number of fused-ring (bicyclic) bond motifs is 4. The third kappa shape index (κ3) is 2.26. The van der Waals surface area contributed by atoms with E-state index in [-0.39, 0.29) is 28.6 Å². The summed E-state index contributed by atoms with van der Waals surface area (Å²) in [4.78, 5) is 41.8. The zero-order chi connectivity index (χ0) is 21.3. The van der Waals surface area contributed by atoms with E-state index in [0.717, 1.165) is 4.57 Å². The zero-order valence-electron chi connectivity index (χ0n) is 16.2. The molecule has 1 aromatic carbocycles. The Kier molecular flexibility index (Phi) is 3.74. The molecule has 0 fully saturated rings. The second-order valence-corrected chi connectivity index (χ2v) is 7.32.